The Labute approximate surface area is 131 Å². The van der Waals surface area contributed by atoms with E-state index in [1.807, 2.05) is 0 Å². The molecular formula is C21H32. The number of rotatable bonds is 3. The highest BCUT2D eigenvalue weighted by Gasteiger charge is 2.30. The molecule has 3 rings (SSSR count). The lowest BCUT2D eigenvalue weighted by molar-refractivity contribution is 0.158. The third-order valence-electron chi connectivity index (χ3n) is 6.46. The molecule has 0 aliphatic heterocycles. The van der Waals surface area contributed by atoms with Crippen LogP contribution in [0.3, 0.4) is 0 Å². The molecule has 0 heteroatoms. The van der Waals surface area contributed by atoms with Crippen LogP contribution in [0.1, 0.15) is 81.8 Å². The summed E-state index contributed by atoms with van der Waals surface area (Å²) in [5.74, 6) is 4.00. The molecule has 0 N–H and O–H groups in total. The maximum Gasteiger partial charge on any atom is -0.0162 e. The Hall–Kier alpha value is -0.780. The number of hydrogen-bond acceptors (Lipinski definition) is 0. The first-order valence-corrected chi connectivity index (χ1v) is 9.32. The summed E-state index contributed by atoms with van der Waals surface area (Å²) in [5, 5.41) is 0. The third-order valence-corrected chi connectivity index (χ3v) is 6.46. The van der Waals surface area contributed by atoms with Crippen LogP contribution < -0.4 is 0 Å². The predicted octanol–water partition coefficient (Wildman–Crippen LogP) is 6.49. The predicted molar refractivity (Wildman–Crippen MR) is 91.6 cm³/mol. The molecular weight excluding hydrogens is 252 g/mol. The molecule has 0 amide bonds. The van der Waals surface area contributed by atoms with Gasteiger partial charge in [0.2, 0.25) is 0 Å². The minimum Gasteiger partial charge on any atom is -0.0651 e. The summed E-state index contributed by atoms with van der Waals surface area (Å²) in [7, 11) is 0. The SMILES string of the molecule is CCC1CCC(C2CCC(c3ccc(C)cc3)CC2)CC1. The Bertz CT molecular complexity index is 414. The fraction of sp³-hybridized carbons (Fsp3) is 0.714. The van der Waals surface area contributed by atoms with Gasteiger partial charge in [-0.25, -0.2) is 0 Å². The first-order valence-electron chi connectivity index (χ1n) is 9.32. The van der Waals surface area contributed by atoms with E-state index in [0.29, 0.717) is 0 Å². The zero-order chi connectivity index (χ0) is 14.7. The fourth-order valence-electron chi connectivity index (χ4n) is 4.83. The first kappa shape index (κ1) is 15.1. The van der Waals surface area contributed by atoms with E-state index in [4.69, 9.17) is 0 Å². The van der Waals surface area contributed by atoms with E-state index in [1.165, 1.54) is 63.4 Å². The monoisotopic (exact) mass is 284 g/mol. The van der Waals surface area contributed by atoms with Gasteiger partial charge in [0.15, 0.2) is 0 Å². The molecule has 0 aromatic heterocycles. The Kier molecular flexibility index (Phi) is 5.03. The summed E-state index contributed by atoms with van der Waals surface area (Å²) in [6.45, 7) is 4.56. The molecule has 0 radical (unpaired) electrons. The average molecular weight is 284 g/mol. The van der Waals surface area contributed by atoms with E-state index in [2.05, 4.69) is 38.1 Å². The van der Waals surface area contributed by atoms with Crippen molar-refractivity contribution in [1.82, 2.24) is 0 Å². The molecule has 2 fully saturated rings. The first-order chi connectivity index (χ1) is 10.3. The molecule has 0 atom stereocenters. The lowest BCUT2D eigenvalue weighted by atomic mass is 9.68. The van der Waals surface area contributed by atoms with Crippen LogP contribution in [0.4, 0.5) is 0 Å². The standard InChI is InChI=1S/C21H32/c1-3-17-6-10-19(11-7-17)21-14-12-20(13-15-21)18-8-4-16(2)5-9-18/h4-5,8-9,17,19-21H,3,6-7,10-15H2,1-2H3. The molecule has 0 unspecified atom stereocenters. The lowest BCUT2D eigenvalue weighted by Crippen LogP contribution is -2.25. The molecule has 2 aliphatic rings. The minimum atomic E-state index is 0.842. The summed E-state index contributed by atoms with van der Waals surface area (Å²) in [6.07, 6.45) is 13.3. The van der Waals surface area contributed by atoms with Gasteiger partial charge in [-0.2, -0.15) is 0 Å². The van der Waals surface area contributed by atoms with E-state index in [-0.39, 0.29) is 0 Å². The zero-order valence-corrected chi connectivity index (χ0v) is 14.0. The van der Waals surface area contributed by atoms with Crippen molar-refractivity contribution in [2.75, 3.05) is 0 Å². The molecule has 116 valence electrons. The Morgan fingerprint density at radius 2 is 1.29 bits per heavy atom. The van der Waals surface area contributed by atoms with Gasteiger partial charge in [-0.15, -0.1) is 0 Å². The smallest absolute Gasteiger partial charge is 0.0162 e. The van der Waals surface area contributed by atoms with Gasteiger partial charge >= 0.3 is 0 Å². The van der Waals surface area contributed by atoms with Crippen LogP contribution in [0.15, 0.2) is 24.3 Å². The van der Waals surface area contributed by atoms with Crippen LogP contribution in [0.5, 0.6) is 0 Å². The molecule has 2 aliphatic carbocycles. The van der Waals surface area contributed by atoms with E-state index in [9.17, 15) is 0 Å². The van der Waals surface area contributed by atoms with Gasteiger partial charge < -0.3 is 0 Å². The van der Waals surface area contributed by atoms with Crippen LogP contribution in [-0.2, 0) is 0 Å². The number of benzene rings is 1. The van der Waals surface area contributed by atoms with Crippen molar-refractivity contribution in [3.63, 3.8) is 0 Å². The molecule has 1 aromatic carbocycles. The Balaban J connectivity index is 1.50. The van der Waals surface area contributed by atoms with E-state index in [1.54, 1.807) is 5.56 Å². The van der Waals surface area contributed by atoms with Gasteiger partial charge in [0, 0.05) is 0 Å². The molecule has 1 aromatic rings. The van der Waals surface area contributed by atoms with Crippen LogP contribution >= 0.6 is 0 Å². The van der Waals surface area contributed by atoms with E-state index in [0.717, 1.165) is 23.7 Å². The summed E-state index contributed by atoms with van der Waals surface area (Å²) < 4.78 is 0. The topological polar surface area (TPSA) is 0 Å². The van der Waals surface area contributed by atoms with Crippen LogP contribution in [0.25, 0.3) is 0 Å². The molecule has 0 spiro atoms. The van der Waals surface area contributed by atoms with Crippen LogP contribution in [0.2, 0.25) is 0 Å². The van der Waals surface area contributed by atoms with Crippen LogP contribution in [-0.4, -0.2) is 0 Å². The van der Waals surface area contributed by atoms with Crippen molar-refractivity contribution in [2.45, 2.75) is 77.6 Å². The van der Waals surface area contributed by atoms with Crippen molar-refractivity contribution >= 4 is 0 Å². The van der Waals surface area contributed by atoms with Gasteiger partial charge in [0.05, 0.1) is 0 Å². The molecule has 0 nitrogen and oxygen atoms in total. The number of hydrogen-bond donors (Lipinski definition) is 0. The summed E-state index contributed by atoms with van der Waals surface area (Å²) in [5.41, 5.74) is 2.98. The molecule has 0 heterocycles. The van der Waals surface area contributed by atoms with Gasteiger partial charge in [-0.05, 0) is 74.7 Å². The summed E-state index contributed by atoms with van der Waals surface area (Å²) in [6, 6.07) is 9.31. The van der Waals surface area contributed by atoms with Crippen LogP contribution in [0, 0.1) is 24.7 Å². The van der Waals surface area contributed by atoms with Crippen molar-refractivity contribution in [3.05, 3.63) is 35.4 Å². The second kappa shape index (κ2) is 6.99. The molecule has 0 saturated heterocycles. The van der Waals surface area contributed by atoms with Crippen molar-refractivity contribution in [1.29, 1.82) is 0 Å². The van der Waals surface area contributed by atoms with Crippen molar-refractivity contribution in [3.8, 4) is 0 Å². The maximum atomic E-state index is 2.37. The summed E-state index contributed by atoms with van der Waals surface area (Å²) >= 11 is 0. The molecule has 0 bridgehead atoms. The quantitative estimate of drug-likeness (QED) is 0.595. The lowest BCUT2D eigenvalue weighted by Gasteiger charge is -2.38. The Morgan fingerprint density at radius 1 is 0.762 bits per heavy atom. The van der Waals surface area contributed by atoms with Gasteiger partial charge in [0.1, 0.15) is 0 Å². The minimum absolute atomic E-state index is 0.842. The van der Waals surface area contributed by atoms with Gasteiger partial charge in [-0.1, -0.05) is 56.0 Å². The highest BCUT2D eigenvalue weighted by Crippen LogP contribution is 2.44. The average Bonchev–Trinajstić information content (AvgIpc) is 2.56. The highest BCUT2D eigenvalue weighted by atomic mass is 14.4. The Morgan fingerprint density at radius 3 is 1.81 bits per heavy atom. The maximum absolute atomic E-state index is 2.37. The second-order valence-electron chi connectivity index (χ2n) is 7.71. The van der Waals surface area contributed by atoms with E-state index < -0.39 is 0 Å². The van der Waals surface area contributed by atoms with Gasteiger partial charge in [-0.3, -0.25) is 0 Å². The molecule has 2 saturated carbocycles. The normalized spacial score (nSPS) is 33.8. The summed E-state index contributed by atoms with van der Waals surface area (Å²) in [4.78, 5) is 0. The van der Waals surface area contributed by atoms with E-state index >= 15 is 0 Å². The second-order valence-corrected chi connectivity index (χ2v) is 7.71. The van der Waals surface area contributed by atoms with Gasteiger partial charge in [0.25, 0.3) is 0 Å². The highest BCUT2D eigenvalue weighted by molar-refractivity contribution is 5.24. The molecule has 21 heavy (non-hydrogen) atoms. The third kappa shape index (κ3) is 3.71. The number of aryl methyl sites for hydroxylation is 1. The fourth-order valence-corrected chi connectivity index (χ4v) is 4.83. The van der Waals surface area contributed by atoms with Crippen molar-refractivity contribution in [2.24, 2.45) is 17.8 Å². The van der Waals surface area contributed by atoms with Crippen molar-refractivity contribution < 1.29 is 0 Å². The largest absolute Gasteiger partial charge is 0.0651 e. The zero-order valence-electron chi connectivity index (χ0n) is 14.0.